The van der Waals surface area contributed by atoms with E-state index in [9.17, 15) is 0 Å². The van der Waals surface area contributed by atoms with Gasteiger partial charge >= 0.3 is 0 Å². The minimum absolute atomic E-state index is 0. The van der Waals surface area contributed by atoms with Crippen LogP contribution >= 0.6 is 35.3 Å². The zero-order chi connectivity index (χ0) is 16.3. The first-order valence-electron chi connectivity index (χ1n) is 8.00. The first kappa shape index (κ1) is 20.8. The Morgan fingerprint density at radius 3 is 2.71 bits per heavy atom. The van der Waals surface area contributed by atoms with Gasteiger partial charge in [0.15, 0.2) is 5.96 Å². The van der Waals surface area contributed by atoms with E-state index in [1.165, 1.54) is 10.4 Å². The fraction of sp³-hybridized carbons (Fsp3) is 0.389. The Labute approximate surface area is 165 Å². The summed E-state index contributed by atoms with van der Waals surface area (Å²) in [6, 6.07) is 12.4. The second-order valence-electron chi connectivity index (χ2n) is 5.21. The van der Waals surface area contributed by atoms with Crippen LogP contribution in [-0.4, -0.2) is 19.6 Å². The van der Waals surface area contributed by atoms with Gasteiger partial charge in [0.2, 0.25) is 0 Å². The lowest BCUT2D eigenvalue weighted by Crippen LogP contribution is -2.36. The fourth-order valence-electron chi connectivity index (χ4n) is 2.07. The van der Waals surface area contributed by atoms with Crippen molar-refractivity contribution in [1.29, 1.82) is 0 Å². The molecular weight excluding hydrogens is 433 g/mol. The van der Waals surface area contributed by atoms with Crippen LogP contribution in [0.4, 0.5) is 0 Å². The average molecular weight is 459 g/mol. The van der Waals surface area contributed by atoms with Crippen LogP contribution in [0.2, 0.25) is 0 Å². The maximum Gasteiger partial charge on any atom is 0.191 e. The van der Waals surface area contributed by atoms with Crippen LogP contribution in [0.3, 0.4) is 0 Å². The Balaban J connectivity index is 0.00000288. The van der Waals surface area contributed by atoms with Gasteiger partial charge in [0.1, 0.15) is 5.75 Å². The number of rotatable bonds is 8. The summed E-state index contributed by atoms with van der Waals surface area (Å²) < 4.78 is 5.74. The lowest BCUT2D eigenvalue weighted by Gasteiger charge is -2.12. The molecular formula is C18H26IN3OS. The molecule has 0 spiro atoms. The molecule has 0 aliphatic heterocycles. The average Bonchev–Trinajstić information content (AvgIpc) is 3.09. The van der Waals surface area contributed by atoms with Crippen molar-refractivity contribution in [3.63, 3.8) is 0 Å². The molecule has 0 radical (unpaired) electrons. The normalized spacial score (nSPS) is 10.8. The molecule has 0 fully saturated rings. The zero-order valence-electron chi connectivity index (χ0n) is 14.2. The second kappa shape index (κ2) is 12.1. The van der Waals surface area contributed by atoms with Crippen molar-refractivity contribution in [2.45, 2.75) is 32.9 Å². The molecule has 1 aromatic heterocycles. The third-order valence-corrected chi connectivity index (χ3v) is 4.24. The lowest BCUT2D eigenvalue weighted by atomic mass is 10.2. The number of thiophene rings is 1. The monoisotopic (exact) mass is 459 g/mol. The molecule has 1 heterocycles. The zero-order valence-corrected chi connectivity index (χ0v) is 17.4. The van der Waals surface area contributed by atoms with Crippen molar-refractivity contribution < 1.29 is 4.74 Å². The van der Waals surface area contributed by atoms with E-state index in [1.807, 2.05) is 12.1 Å². The summed E-state index contributed by atoms with van der Waals surface area (Å²) in [6.45, 7) is 4.45. The largest absolute Gasteiger partial charge is 0.494 e. The van der Waals surface area contributed by atoms with Crippen molar-refractivity contribution in [3.05, 3.63) is 52.2 Å². The number of hydrogen-bond donors (Lipinski definition) is 2. The van der Waals surface area contributed by atoms with Gasteiger partial charge in [-0.25, -0.2) is 0 Å². The molecule has 24 heavy (non-hydrogen) atoms. The summed E-state index contributed by atoms with van der Waals surface area (Å²) in [5.74, 6) is 1.73. The van der Waals surface area contributed by atoms with E-state index < -0.39 is 0 Å². The predicted octanol–water partition coefficient (Wildman–Crippen LogP) is 4.41. The SMILES string of the molecule is CCCCOc1cccc(CNC(=NC)NCc2cccs2)c1.I. The van der Waals surface area contributed by atoms with Crippen LogP contribution < -0.4 is 15.4 Å². The molecule has 1 aromatic carbocycles. The molecule has 6 heteroatoms. The second-order valence-corrected chi connectivity index (χ2v) is 6.24. The van der Waals surface area contributed by atoms with E-state index in [0.29, 0.717) is 0 Å². The van der Waals surface area contributed by atoms with E-state index in [1.54, 1.807) is 18.4 Å². The number of hydrogen-bond acceptors (Lipinski definition) is 3. The Morgan fingerprint density at radius 2 is 2.00 bits per heavy atom. The molecule has 0 bridgehead atoms. The standard InChI is InChI=1S/C18H25N3OS.HI/c1-3-4-10-22-16-8-5-7-15(12-16)13-20-18(19-2)21-14-17-9-6-11-23-17;/h5-9,11-12H,3-4,10,13-14H2,1-2H3,(H2,19,20,21);1H. The number of benzene rings is 1. The topological polar surface area (TPSA) is 45.6 Å². The van der Waals surface area contributed by atoms with Crippen molar-refractivity contribution in [2.24, 2.45) is 4.99 Å². The molecule has 0 atom stereocenters. The summed E-state index contributed by atoms with van der Waals surface area (Å²) in [5.41, 5.74) is 1.18. The number of nitrogens with one attached hydrogen (secondary N) is 2. The first-order chi connectivity index (χ1) is 11.3. The molecule has 4 nitrogen and oxygen atoms in total. The quantitative estimate of drug-likeness (QED) is 0.266. The van der Waals surface area contributed by atoms with Crippen LogP contribution in [0.25, 0.3) is 0 Å². The molecule has 0 saturated heterocycles. The minimum atomic E-state index is 0. The van der Waals surface area contributed by atoms with E-state index >= 15 is 0 Å². The number of ether oxygens (including phenoxy) is 1. The van der Waals surface area contributed by atoms with Crippen molar-refractivity contribution in [1.82, 2.24) is 10.6 Å². The van der Waals surface area contributed by atoms with Gasteiger partial charge in [-0.05, 0) is 35.6 Å². The summed E-state index contributed by atoms with van der Waals surface area (Å²) in [4.78, 5) is 5.54. The highest BCUT2D eigenvalue weighted by Crippen LogP contribution is 2.13. The molecule has 2 rings (SSSR count). The van der Waals surface area contributed by atoms with Gasteiger partial charge in [0.25, 0.3) is 0 Å². The molecule has 0 aliphatic carbocycles. The van der Waals surface area contributed by atoms with Crippen LogP contribution in [-0.2, 0) is 13.1 Å². The Bertz CT molecular complexity index is 602. The Morgan fingerprint density at radius 1 is 1.17 bits per heavy atom. The number of nitrogens with zero attached hydrogens (tertiary/aromatic N) is 1. The Hall–Kier alpha value is -1.28. The molecule has 0 saturated carbocycles. The minimum Gasteiger partial charge on any atom is -0.494 e. The van der Waals surface area contributed by atoms with E-state index in [2.05, 4.69) is 52.2 Å². The summed E-state index contributed by atoms with van der Waals surface area (Å²) in [7, 11) is 1.79. The Kier molecular flexibility index (Phi) is 10.5. The lowest BCUT2D eigenvalue weighted by molar-refractivity contribution is 0.309. The third-order valence-electron chi connectivity index (χ3n) is 3.36. The van der Waals surface area contributed by atoms with Crippen molar-refractivity contribution in [2.75, 3.05) is 13.7 Å². The fourth-order valence-corrected chi connectivity index (χ4v) is 2.71. The molecule has 2 aromatic rings. The van der Waals surface area contributed by atoms with Crippen LogP contribution in [0.15, 0.2) is 46.8 Å². The summed E-state index contributed by atoms with van der Waals surface area (Å²) in [6.07, 6.45) is 2.23. The van der Waals surface area contributed by atoms with Gasteiger partial charge in [0.05, 0.1) is 13.2 Å². The summed E-state index contributed by atoms with van der Waals surface area (Å²) in [5, 5.41) is 8.73. The van der Waals surface area contributed by atoms with Gasteiger partial charge in [-0.3, -0.25) is 4.99 Å². The summed E-state index contributed by atoms with van der Waals surface area (Å²) >= 11 is 1.74. The van der Waals surface area contributed by atoms with E-state index in [0.717, 1.165) is 44.2 Å². The van der Waals surface area contributed by atoms with Crippen molar-refractivity contribution >= 4 is 41.3 Å². The number of guanidine groups is 1. The molecule has 132 valence electrons. The number of unbranched alkanes of at least 4 members (excludes halogenated alkanes) is 1. The number of aliphatic imine (C=N–C) groups is 1. The first-order valence-corrected chi connectivity index (χ1v) is 8.88. The third kappa shape index (κ3) is 7.53. The molecule has 0 amide bonds. The van der Waals surface area contributed by atoms with Crippen LogP contribution in [0.1, 0.15) is 30.2 Å². The maximum atomic E-state index is 5.74. The van der Waals surface area contributed by atoms with Crippen LogP contribution in [0.5, 0.6) is 5.75 Å². The number of halogens is 1. The van der Waals surface area contributed by atoms with E-state index in [-0.39, 0.29) is 24.0 Å². The van der Waals surface area contributed by atoms with E-state index in [4.69, 9.17) is 4.74 Å². The van der Waals surface area contributed by atoms with Gasteiger partial charge in [-0.1, -0.05) is 31.5 Å². The predicted molar refractivity (Wildman–Crippen MR) is 114 cm³/mol. The molecule has 2 N–H and O–H groups in total. The molecule has 0 unspecified atom stereocenters. The molecule has 0 aliphatic rings. The van der Waals surface area contributed by atoms with Crippen molar-refractivity contribution in [3.8, 4) is 5.75 Å². The smallest absolute Gasteiger partial charge is 0.191 e. The highest BCUT2D eigenvalue weighted by atomic mass is 127. The highest BCUT2D eigenvalue weighted by molar-refractivity contribution is 14.0. The van der Waals surface area contributed by atoms with Gasteiger partial charge in [0, 0.05) is 18.5 Å². The van der Waals surface area contributed by atoms with Gasteiger partial charge in [-0.2, -0.15) is 0 Å². The maximum absolute atomic E-state index is 5.74. The van der Waals surface area contributed by atoms with Crippen LogP contribution in [0, 0.1) is 0 Å². The highest BCUT2D eigenvalue weighted by Gasteiger charge is 2.01. The van der Waals surface area contributed by atoms with Gasteiger partial charge in [-0.15, -0.1) is 35.3 Å². The van der Waals surface area contributed by atoms with Gasteiger partial charge < -0.3 is 15.4 Å².